The molecule has 0 bridgehead atoms. The van der Waals surface area contributed by atoms with Crippen LogP contribution in [0.3, 0.4) is 0 Å². The van der Waals surface area contributed by atoms with Crippen LogP contribution in [0.2, 0.25) is 0 Å². The van der Waals surface area contributed by atoms with Gasteiger partial charge in [0.1, 0.15) is 0 Å². The van der Waals surface area contributed by atoms with E-state index in [-0.39, 0.29) is 15.7 Å². The van der Waals surface area contributed by atoms with Crippen molar-refractivity contribution in [2.75, 3.05) is 12.3 Å². The van der Waals surface area contributed by atoms with E-state index in [2.05, 4.69) is 32.4 Å². The van der Waals surface area contributed by atoms with Gasteiger partial charge in [-0.05, 0) is 53.9 Å². The van der Waals surface area contributed by atoms with Crippen molar-refractivity contribution in [3.63, 3.8) is 0 Å². The molecule has 0 saturated heterocycles. The Balaban J connectivity index is 2.22. The Kier molecular flexibility index (Phi) is 3.66. The Morgan fingerprint density at radius 1 is 1.14 bits per heavy atom. The van der Waals surface area contributed by atoms with Crippen LogP contribution in [0.25, 0.3) is 0 Å². The number of aryl methyl sites for hydroxylation is 1. The molecule has 0 amide bonds. The molecule has 0 heterocycles. The quantitative estimate of drug-likeness (QED) is 0.840. The lowest BCUT2D eigenvalue weighted by atomic mass is 10.0. The van der Waals surface area contributed by atoms with Crippen LogP contribution in [0.1, 0.15) is 38.8 Å². The molecule has 21 heavy (non-hydrogen) atoms. The molecule has 1 fully saturated rings. The summed E-state index contributed by atoms with van der Waals surface area (Å²) in [4.78, 5) is 0.288. The van der Waals surface area contributed by atoms with Crippen LogP contribution in [-0.4, -0.2) is 15.0 Å². The maximum Gasteiger partial charge on any atom is 0.240 e. The van der Waals surface area contributed by atoms with E-state index in [0.29, 0.717) is 18.2 Å². The minimum absolute atomic E-state index is 0.163. The van der Waals surface area contributed by atoms with Crippen molar-refractivity contribution in [2.45, 2.75) is 46.4 Å². The molecule has 0 aromatic heterocycles. The summed E-state index contributed by atoms with van der Waals surface area (Å²) in [6, 6.07) is 3.33. The van der Waals surface area contributed by atoms with Gasteiger partial charge in [-0.2, -0.15) is 0 Å². The van der Waals surface area contributed by atoms with Gasteiger partial charge in [0.05, 0.1) is 4.90 Å². The number of rotatable bonds is 4. The Labute approximate surface area is 128 Å². The van der Waals surface area contributed by atoms with Gasteiger partial charge in [-0.1, -0.05) is 27.7 Å². The molecule has 2 rings (SSSR count). The van der Waals surface area contributed by atoms with Gasteiger partial charge in [-0.25, -0.2) is 13.1 Å². The molecule has 5 heteroatoms. The fourth-order valence-corrected chi connectivity index (χ4v) is 4.64. The number of benzene rings is 1. The number of hydrogen-bond donors (Lipinski definition) is 2. The van der Waals surface area contributed by atoms with Gasteiger partial charge in [0, 0.05) is 12.2 Å². The van der Waals surface area contributed by atoms with Gasteiger partial charge in [-0.15, -0.1) is 0 Å². The molecule has 1 saturated carbocycles. The molecule has 4 nitrogen and oxygen atoms in total. The molecule has 0 spiro atoms. The summed E-state index contributed by atoms with van der Waals surface area (Å²) in [5.41, 5.74) is 8.24. The molecule has 0 aliphatic heterocycles. The third-order valence-electron chi connectivity index (χ3n) is 5.73. The van der Waals surface area contributed by atoms with Gasteiger partial charge in [0.2, 0.25) is 10.0 Å². The zero-order chi connectivity index (χ0) is 16.2. The van der Waals surface area contributed by atoms with Crippen molar-refractivity contribution >= 4 is 15.7 Å². The smallest absolute Gasteiger partial charge is 0.240 e. The van der Waals surface area contributed by atoms with Crippen LogP contribution >= 0.6 is 0 Å². The molecule has 0 unspecified atom stereocenters. The van der Waals surface area contributed by atoms with Crippen molar-refractivity contribution in [1.29, 1.82) is 0 Å². The lowest BCUT2D eigenvalue weighted by Crippen LogP contribution is -2.28. The predicted molar refractivity (Wildman–Crippen MR) is 86.6 cm³/mol. The van der Waals surface area contributed by atoms with Crippen molar-refractivity contribution in [3.8, 4) is 0 Å². The summed E-state index contributed by atoms with van der Waals surface area (Å²) >= 11 is 0. The van der Waals surface area contributed by atoms with Gasteiger partial charge >= 0.3 is 0 Å². The number of hydrogen-bond acceptors (Lipinski definition) is 3. The van der Waals surface area contributed by atoms with Crippen LogP contribution in [0.15, 0.2) is 17.0 Å². The molecule has 3 N–H and O–H groups in total. The monoisotopic (exact) mass is 310 g/mol. The predicted octanol–water partition coefficient (Wildman–Crippen LogP) is 2.85. The maximum absolute atomic E-state index is 12.5. The van der Waals surface area contributed by atoms with Crippen LogP contribution < -0.4 is 10.5 Å². The number of sulfonamides is 1. The summed E-state index contributed by atoms with van der Waals surface area (Å²) in [7, 11) is -3.52. The number of nitrogens with two attached hydrogens (primary N) is 1. The average Bonchev–Trinajstić information content (AvgIpc) is 2.71. The summed E-state index contributed by atoms with van der Waals surface area (Å²) in [6.07, 6.45) is 0. The first kappa shape index (κ1) is 16.3. The zero-order valence-corrected chi connectivity index (χ0v) is 14.6. The van der Waals surface area contributed by atoms with E-state index in [4.69, 9.17) is 5.73 Å². The highest BCUT2D eigenvalue weighted by atomic mass is 32.2. The fourth-order valence-electron chi connectivity index (χ4n) is 3.25. The highest BCUT2D eigenvalue weighted by molar-refractivity contribution is 7.89. The molecule has 1 aliphatic rings. The van der Waals surface area contributed by atoms with Gasteiger partial charge in [0.15, 0.2) is 0 Å². The molecular weight excluding hydrogens is 284 g/mol. The lowest BCUT2D eigenvalue weighted by molar-refractivity contribution is 0.457. The van der Waals surface area contributed by atoms with Crippen molar-refractivity contribution in [1.82, 2.24) is 4.72 Å². The van der Waals surface area contributed by atoms with Crippen LogP contribution in [0.4, 0.5) is 5.69 Å². The fraction of sp³-hybridized carbons (Fsp3) is 0.625. The van der Waals surface area contributed by atoms with Gasteiger partial charge < -0.3 is 5.73 Å². The molecule has 1 aliphatic carbocycles. The molecule has 1 aromatic rings. The number of anilines is 1. The Bertz CT molecular complexity index is 662. The second-order valence-electron chi connectivity index (χ2n) is 7.31. The normalized spacial score (nSPS) is 20.5. The highest BCUT2D eigenvalue weighted by Crippen LogP contribution is 2.67. The first-order chi connectivity index (χ1) is 9.41. The third kappa shape index (κ3) is 2.57. The largest absolute Gasteiger partial charge is 0.399 e. The standard InChI is InChI=1S/C16H26N2O2S/c1-10-7-12(17)8-13(11(10)2)21(19,20)18-9-14-15(3,4)16(14,5)6/h7-8,14,18H,9,17H2,1-6H3. The Morgan fingerprint density at radius 2 is 1.67 bits per heavy atom. The molecular formula is C16H26N2O2S. The third-order valence-corrected chi connectivity index (χ3v) is 7.28. The summed E-state index contributed by atoms with van der Waals surface area (Å²) < 4.78 is 27.9. The Morgan fingerprint density at radius 3 is 2.14 bits per heavy atom. The second kappa shape index (κ2) is 4.71. The summed E-state index contributed by atoms with van der Waals surface area (Å²) in [6.45, 7) is 12.9. The van der Waals surface area contributed by atoms with Crippen LogP contribution in [0.5, 0.6) is 0 Å². The average molecular weight is 310 g/mol. The van der Waals surface area contributed by atoms with Crippen LogP contribution in [-0.2, 0) is 10.0 Å². The Hall–Kier alpha value is -1.07. The topological polar surface area (TPSA) is 72.2 Å². The SMILES string of the molecule is Cc1cc(N)cc(S(=O)(=O)NCC2C(C)(C)C2(C)C)c1C. The molecule has 1 aromatic carbocycles. The van der Waals surface area contributed by atoms with E-state index >= 15 is 0 Å². The zero-order valence-electron chi connectivity index (χ0n) is 13.7. The minimum atomic E-state index is -3.52. The van der Waals surface area contributed by atoms with Gasteiger partial charge in [-0.3, -0.25) is 0 Å². The lowest BCUT2D eigenvalue weighted by Gasteiger charge is -2.13. The van der Waals surface area contributed by atoms with E-state index in [1.165, 1.54) is 6.07 Å². The molecule has 118 valence electrons. The van der Waals surface area contributed by atoms with Crippen molar-refractivity contribution in [2.24, 2.45) is 16.7 Å². The number of nitrogen functional groups attached to an aromatic ring is 1. The first-order valence-corrected chi connectivity index (χ1v) is 8.76. The van der Waals surface area contributed by atoms with E-state index < -0.39 is 10.0 Å². The van der Waals surface area contributed by atoms with Gasteiger partial charge in [0.25, 0.3) is 0 Å². The summed E-state index contributed by atoms with van der Waals surface area (Å²) in [5.74, 6) is 0.349. The summed E-state index contributed by atoms with van der Waals surface area (Å²) in [5, 5.41) is 0. The maximum atomic E-state index is 12.5. The second-order valence-corrected chi connectivity index (χ2v) is 9.04. The highest BCUT2D eigenvalue weighted by Gasteiger charge is 2.64. The first-order valence-electron chi connectivity index (χ1n) is 7.27. The van der Waals surface area contributed by atoms with Crippen LogP contribution in [0, 0.1) is 30.6 Å². The van der Waals surface area contributed by atoms with E-state index in [0.717, 1.165) is 11.1 Å². The minimum Gasteiger partial charge on any atom is -0.399 e. The molecule has 0 atom stereocenters. The van der Waals surface area contributed by atoms with Crippen molar-refractivity contribution < 1.29 is 8.42 Å². The van der Waals surface area contributed by atoms with Crippen molar-refractivity contribution in [3.05, 3.63) is 23.3 Å². The van der Waals surface area contributed by atoms with E-state index in [1.807, 2.05) is 13.8 Å². The van der Waals surface area contributed by atoms with E-state index in [1.54, 1.807) is 6.07 Å². The number of nitrogens with one attached hydrogen (secondary N) is 1. The molecule has 0 radical (unpaired) electrons. The van der Waals surface area contributed by atoms with E-state index in [9.17, 15) is 8.42 Å².